The Labute approximate surface area is 78.3 Å². The predicted octanol–water partition coefficient (Wildman–Crippen LogP) is 2.59. The summed E-state index contributed by atoms with van der Waals surface area (Å²) in [4.78, 5) is 0. The summed E-state index contributed by atoms with van der Waals surface area (Å²) < 4.78 is 0.151. The molecule has 0 aliphatic rings. The maximum absolute atomic E-state index is 9.59. The Morgan fingerprint density at radius 2 is 1.45 bits per heavy atom. The molecular weight excluding hydrogens is 176 g/mol. The quantitative estimate of drug-likeness (QED) is 0.695. The van der Waals surface area contributed by atoms with Crippen LogP contribution in [0.1, 0.15) is 27.2 Å². The largest absolute Gasteiger partial charge is 0.390 e. The summed E-state index contributed by atoms with van der Waals surface area (Å²) in [5, 5.41) is 9.59. The van der Waals surface area contributed by atoms with Crippen LogP contribution < -0.4 is 0 Å². The molecule has 3 heteroatoms. The zero-order chi connectivity index (χ0) is 9.12. The van der Waals surface area contributed by atoms with Gasteiger partial charge >= 0.3 is 0 Å². The molecule has 0 aliphatic carbocycles. The van der Waals surface area contributed by atoms with E-state index in [1.165, 1.54) is 0 Å². The van der Waals surface area contributed by atoms with Crippen LogP contribution in [-0.2, 0) is 0 Å². The molecule has 0 fully saturated rings. The van der Waals surface area contributed by atoms with E-state index >= 15 is 0 Å². The standard InChI is InChI=1S/C8H18OS2/c1-7(2,9)6-8(3,10-4)11-5/h9H,6H2,1-5H3. The highest BCUT2D eigenvalue weighted by Gasteiger charge is 2.29. The maximum Gasteiger partial charge on any atom is 0.0613 e. The highest BCUT2D eigenvalue weighted by molar-refractivity contribution is 8.17. The summed E-state index contributed by atoms with van der Waals surface area (Å²) in [6, 6.07) is 0. The van der Waals surface area contributed by atoms with Crippen molar-refractivity contribution in [2.24, 2.45) is 0 Å². The van der Waals surface area contributed by atoms with E-state index in [4.69, 9.17) is 0 Å². The van der Waals surface area contributed by atoms with Gasteiger partial charge in [0, 0.05) is 0 Å². The van der Waals surface area contributed by atoms with Gasteiger partial charge < -0.3 is 5.11 Å². The fourth-order valence-corrected chi connectivity index (χ4v) is 2.68. The maximum atomic E-state index is 9.59. The van der Waals surface area contributed by atoms with Crippen LogP contribution in [0.15, 0.2) is 0 Å². The van der Waals surface area contributed by atoms with E-state index in [-0.39, 0.29) is 4.08 Å². The predicted molar refractivity (Wildman–Crippen MR) is 56.3 cm³/mol. The molecule has 11 heavy (non-hydrogen) atoms. The number of hydrogen-bond acceptors (Lipinski definition) is 3. The highest BCUT2D eigenvalue weighted by Crippen LogP contribution is 2.39. The molecule has 1 nitrogen and oxygen atoms in total. The lowest BCUT2D eigenvalue weighted by molar-refractivity contribution is 0.0693. The monoisotopic (exact) mass is 194 g/mol. The third-order valence-electron chi connectivity index (χ3n) is 1.62. The van der Waals surface area contributed by atoms with Gasteiger partial charge in [0.15, 0.2) is 0 Å². The molecule has 0 spiro atoms. The van der Waals surface area contributed by atoms with E-state index in [2.05, 4.69) is 19.4 Å². The van der Waals surface area contributed by atoms with Crippen molar-refractivity contribution in [2.45, 2.75) is 36.9 Å². The average molecular weight is 194 g/mol. The Kier molecular flexibility index (Phi) is 4.30. The number of hydrogen-bond donors (Lipinski definition) is 1. The summed E-state index contributed by atoms with van der Waals surface area (Å²) >= 11 is 3.60. The van der Waals surface area contributed by atoms with E-state index in [0.29, 0.717) is 0 Å². The van der Waals surface area contributed by atoms with Gasteiger partial charge in [-0.1, -0.05) is 0 Å². The van der Waals surface area contributed by atoms with Crippen LogP contribution >= 0.6 is 23.5 Å². The summed E-state index contributed by atoms with van der Waals surface area (Å²) in [6.45, 7) is 5.88. The van der Waals surface area contributed by atoms with E-state index in [1.54, 1.807) is 23.5 Å². The zero-order valence-electron chi connectivity index (χ0n) is 7.97. The van der Waals surface area contributed by atoms with Crippen LogP contribution in [0.5, 0.6) is 0 Å². The van der Waals surface area contributed by atoms with Crippen molar-refractivity contribution in [2.75, 3.05) is 12.5 Å². The highest BCUT2D eigenvalue weighted by atomic mass is 32.2. The Bertz CT molecular complexity index is 114. The van der Waals surface area contributed by atoms with Crippen LogP contribution in [0.2, 0.25) is 0 Å². The van der Waals surface area contributed by atoms with Crippen LogP contribution in [0, 0.1) is 0 Å². The van der Waals surface area contributed by atoms with E-state index in [9.17, 15) is 5.11 Å². The third-order valence-corrected chi connectivity index (χ3v) is 4.63. The van der Waals surface area contributed by atoms with Gasteiger partial charge in [0.2, 0.25) is 0 Å². The second kappa shape index (κ2) is 4.06. The first kappa shape index (κ1) is 11.7. The van der Waals surface area contributed by atoms with Gasteiger partial charge in [0.25, 0.3) is 0 Å². The van der Waals surface area contributed by atoms with E-state index in [0.717, 1.165) is 6.42 Å². The van der Waals surface area contributed by atoms with Gasteiger partial charge in [0.05, 0.1) is 9.68 Å². The molecule has 0 amide bonds. The molecule has 1 N–H and O–H groups in total. The third kappa shape index (κ3) is 4.99. The molecule has 0 radical (unpaired) electrons. The molecule has 0 aliphatic heterocycles. The van der Waals surface area contributed by atoms with Gasteiger partial charge in [-0.15, -0.1) is 23.5 Å². The summed E-state index contributed by atoms with van der Waals surface area (Å²) in [5.74, 6) is 0. The minimum absolute atomic E-state index is 0.151. The van der Waals surface area contributed by atoms with Crippen LogP contribution in [-0.4, -0.2) is 27.3 Å². The van der Waals surface area contributed by atoms with Gasteiger partial charge in [-0.2, -0.15) is 0 Å². The zero-order valence-corrected chi connectivity index (χ0v) is 9.60. The second-order valence-electron chi connectivity index (χ2n) is 3.53. The van der Waals surface area contributed by atoms with E-state index in [1.807, 2.05) is 13.8 Å². The molecule has 0 aromatic heterocycles. The number of aliphatic hydroxyl groups is 1. The van der Waals surface area contributed by atoms with Crippen molar-refractivity contribution in [3.05, 3.63) is 0 Å². The fraction of sp³-hybridized carbons (Fsp3) is 1.00. The first-order valence-electron chi connectivity index (χ1n) is 3.66. The van der Waals surface area contributed by atoms with Crippen LogP contribution in [0.3, 0.4) is 0 Å². The van der Waals surface area contributed by atoms with Crippen molar-refractivity contribution in [3.63, 3.8) is 0 Å². The molecule has 0 saturated heterocycles. The van der Waals surface area contributed by atoms with Crippen molar-refractivity contribution >= 4 is 23.5 Å². The van der Waals surface area contributed by atoms with Gasteiger partial charge in [-0.3, -0.25) is 0 Å². The topological polar surface area (TPSA) is 20.2 Å². The first-order chi connectivity index (χ1) is 4.83. The smallest absolute Gasteiger partial charge is 0.0613 e. The van der Waals surface area contributed by atoms with E-state index < -0.39 is 5.60 Å². The molecule has 0 aromatic rings. The molecule has 0 atom stereocenters. The lowest BCUT2D eigenvalue weighted by Gasteiger charge is -2.31. The lowest BCUT2D eigenvalue weighted by atomic mass is 10.0. The number of rotatable bonds is 4. The van der Waals surface area contributed by atoms with Crippen molar-refractivity contribution < 1.29 is 5.11 Å². The normalized spacial score (nSPS) is 13.6. The second-order valence-corrected chi connectivity index (χ2v) is 6.41. The number of thioether (sulfide) groups is 2. The Hall–Kier alpha value is 0.660. The first-order valence-corrected chi connectivity index (χ1v) is 6.10. The van der Waals surface area contributed by atoms with Crippen molar-refractivity contribution in [1.29, 1.82) is 0 Å². The molecule has 68 valence electrons. The Morgan fingerprint density at radius 1 is 1.09 bits per heavy atom. The van der Waals surface area contributed by atoms with Crippen molar-refractivity contribution in [3.8, 4) is 0 Å². The Balaban J connectivity index is 4.08. The van der Waals surface area contributed by atoms with Crippen LogP contribution in [0.25, 0.3) is 0 Å². The molecule has 0 heterocycles. The Morgan fingerprint density at radius 3 is 1.55 bits per heavy atom. The summed E-state index contributed by atoms with van der Waals surface area (Å²) in [6.07, 6.45) is 4.99. The summed E-state index contributed by atoms with van der Waals surface area (Å²) in [7, 11) is 0. The minimum Gasteiger partial charge on any atom is -0.390 e. The average Bonchev–Trinajstić information content (AvgIpc) is 1.84. The van der Waals surface area contributed by atoms with Gasteiger partial charge in [-0.05, 0) is 39.7 Å². The molecular formula is C8H18OS2. The van der Waals surface area contributed by atoms with Crippen molar-refractivity contribution in [1.82, 2.24) is 0 Å². The van der Waals surface area contributed by atoms with Gasteiger partial charge in [-0.25, -0.2) is 0 Å². The summed E-state index contributed by atoms with van der Waals surface area (Å²) in [5.41, 5.74) is -0.555. The molecule has 0 saturated carbocycles. The van der Waals surface area contributed by atoms with Gasteiger partial charge in [0.1, 0.15) is 0 Å². The molecule has 0 rings (SSSR count). The minimum atomic E-state index is -0.555. The molecule has 0 unspecified atom stereocenters. The molecule has 0 aromatic carbocycles. The lowest BCUT2D eigenvalue weighted by Crippen LogP contribution is -2.29. The molecule has 0 bridgehead atoms. The van der Waals surface area contributed by atoms with Crippen LogP contribution in [0.4, 0.5) is 0 Å². The fourth-order valence-electron chi connectivity index (χ4n) is 1.01. The SMILES string of the molecule is CSC(C)(CC(C)(C)O)SC.